The van der Waals surface area contributed by atoms with Gasteiger partial charge in [-0.05, 0) is 26.0 Å². The molecule has 3 heteroatoms. The van der Waals surface area contributed by atoms with Gasteiger partial charge in [0, 0.05) is 29.9 Å². The number of hydrogen-bond donors (Lipinski definition) is 1. The molecule has 0 aliphatic carbocycles. The number of nitrogens with zero attached hydrogens (tertiary/aromatic N) is 2. The Balaban J connectivity index is 2.49. The summed E-state index contributed by atoms with van der Waals surface area (Å²) in [6.45, 7) is 5.01. The number of aromatic nitrogens is 2. The SMILES string of the molecule is CC(C)=CCn1cc(CO)c2cccnc21. The largest absolute Gasteiger partial charge is 0.392 e. The van der Waals surface area contributed by atoms with Gasteiger partial charge in [0.25, 0.3) is 0 Å². The van der Waals surface area contributed by atoms with Crippen LogP contribution in [0.15, 0.2) is 36.2 Å². The van der Waals surface area contributed by atoms with Crippen LogP contribution in [0.4, 0.5) is 0 Å². The lowest BCUT2D eigenvalue weighted by atomic mass is 10.2. The molecule has 0 unspecified atom stereocenters. The lowest BCUT2D eigenvalue weighted by Gasteiger charge is -2.00. The summed E-state index contributed by atoms with van der Waals surface area (Å²) in [6, 6.07) is 3.89. The average molecular weight is 216 g/mol. The highest BCUT2D eigenvalue weighted by atomic mass is 16.3. The van der Waals surface area contributed by atoms with Gasteiger partial charge < -0.3 is 9.67 Å². The minimum Gasteiger partial charge on any atom is -0.392 e. The third-order valence-corrected chi connectivity index (χ3v) is 2.58. The van der Waals surface area contributed by atoms with E-state index in [2.05, 4.69) is 29.5 Å². The summed E-state index contributed by atoms with van der Waals surface area (Å²) in [7, 11) is 0. The zero-order valence-corrected chi connectivity index (χ0v) is 9.64. The van der Waals surface area contributed by atoms with Crippen molar-refractivity contribution in [2.24, 2.45) is 0 Å². The van der Waals surface area contributed by atoms with Crippen molar-refractivity contribution in [2.45, 2.75) is 27.0 Å². The number of fused-ring (bicyclic) bond motifs is 1. The van der Waals surface area contributed by atoms with E-state index in [4.69, 9.17) is 0 Å². The Morgan fingerprint density at radius 1 is 1.50 bits per heavy atom. The van der Waals surface area contributed by atoms with Gasteiger partial charge in [0.15, 0.2) is 0 Å². The first-order valence-corrected chi connectivity index (χ1v) is 5.39. The van der Waals surface area contributed by atoms with E-state index in [0.29, 0.717) is 0 Å². The minimum absolute atomic E-state index is 0.0595. The van der Waals surface area contributed by atoms with Crippen LogP contribution in [0.2, 0.25) is 0 Å². The molecule has 2 rings (SSSR count). The molecule has 0 spiro atoms. The van der Waals surface area contributed by atoms with E-state index >= 15 is 0 Å². The Kier molecular flexibility index (Phi) is 3.06. The number of aliphatic hydroxyl groups is 1. The van der Waals surface area contributed by atoms with Crippen LogP contribution in [0.25, 0.3) is 11.0 Å². The highest BCUT2D eigenvalue weighted by molar-refractivity contribution is 5.80. The Bertz CT molecular complexity index is 522. The maximum Gasteiger partial charge on any atom is 0.140 e. The van der Waals surface area contributed by atoms with Crippen LogP contribution in [0.3, 0.4) is 0 Å². The van der Waals surface area contributed by atoms with Crippen molar-refractivity contribution < 1.29 is 5.11 Å². The lowest BCUT2D eigenvalue weighted by Crippen LogP contribution is -1.94. The molecule has 3 nitrogen and oxygen atoms in total. The fourth-order valence-corrected chi connectivity index (χ4v) is 1.74. The summed E-state index contributed by atoms with van der Waals surface area (Å²) in [5, 5.41) is 10.3. The fraction of sp³-hybridized carbons (Fsp3) is 0.308. The molecule has 0 fully saturated rings. The predicted octanol–water partition coefficient (Wildman–Crippen LogP) is 2.49. The number of aliphatic hydroxyl groups excluding tert-OH is 1. The van der Waals surface area contributed by atoms with Crippen LogP contribution in [-0.2, 0) is 13.2 Å². The van der Waals surface area contributed by atoms with Crippen LogP contribution in [0.1, 0.15) is 19.4 Å². The standard InChI is InChI=1S/C13H16N2O/c1-10(2)5-7-15-8-11(9-16)12-4-3-6-14-13(12)15/h3-6,8,16H,7,9H2,1-2H3. The number of allylic oxidation sites excluding steroid dienone is 2. The second kappa shape index (κ2) is 4.49. The van der Waals surface area contributed by atoms with Gasteiger partial charge in [-0.1, -0.05) is 11.6 Å². The highest BCUT2D eigenvalue weighted by Gasteiger charge is 2.06. The van der Waals surface area contributed by atoms with E-state index in [9.17, 15) is 5.11 Å². The zero-order valence-electron chi connectivity index (χ0n) is 9.64. The van der Waals surface area contributed by atoms with Gasteiger partial charge in [-0.3, -0.25) is 0 Å². The normalized spacial score (nSPS) is 10.7. The molecular weight excluding hydrogens is 200 g/mol. The Labute approximate surface area is 95.0 Å². The number of rotatable bonds is 3. The van der Waals surface area contributed by atoms with Gasteiger partial charge in [0.1, 0.15) is 5.65 Å². The molecule has 0 saturated heterocycles. The van der Waals surface area contributed by atoms with Crippen LogP contribution in [0.5, 0.6) is 0 Å². The molecule has 1 N–H and O–H groups in total. The molecule has 16 heavy (non-hydrogen) atoms. The molecular formula is C13H16N2O. The molecule has 0 aliphatic rings. The van der Waals surface area contributed by atoms with Gasteiger partial charge >= 0.3 is 0 Å². The van der Waals surface area contributed by atoms with Crippen molar-refractivity contribution in [1.29, 1.82) is 0 Å². The van der Waals surface area contributed by atoms with Crippen LogP contribution in [0, 0.1) is 0 Å². The second-order valence-electron chi connectivity index (χ2n) is 4.12. The van der Waals surface area contributed by atoms with Crippen molar-refractivity contribution >= 4 is 11.0 Å². The molecule has 0 radical (unpaired) electrons. The van der Waals surface area contributed by atoms with E-state index in [-0.39, 0.29) is 6.61 Å². The van der Waals surface area contributed by atoms with Crippen molar-refractivity contribution in [2.75, 3.05) is 0 Å². The van der Waals surface area contributed by atoms with E-state index in [1.54, 1.807) is 6.20 Å². The van der Waals surface area contributed by atoms with E-state index in [0.717, 1.165) is 23.1 Å². The van der Waals surface area contributed by atoms with Gasteiger partial charge in [-0.15, -0.1) is 0 Å². The first-order valence-electron chi connectivity index (χ1n) is 5.39. The summed E-state index contributed by atoms with van der Waals surface area (Å²) < 4.78 is 2.06. The molecule has 0 saturated carbocycles. The summed E-state index contributed by atoms with van der Waals surface area (Å²) in [4.78, 5) is 4.35. The van der Waals surface area contributed by atoms with E-state index < -0.39 is 0 Å². The molecule has 0 aromatic carbocycles. The van der Waals surface area contributed by atoms with Crippen molar-refractivity contribution in [3.05, 3.63) is 41.7 Å². The number of hydrogen-bond acceptors (Lipinski definition) is 2. The Morgan fingerprint density at radius 3 is 3.00 bits per heavy atom. The first kappa shape index (κ1) is 10.9. The van der Waals surface area contributed by atoms with Crippen molar-refractivity contribution in [3.8, 4) is 0 Å². The quantitative estimate of drug-likeness (QED) is 0.800. The third-order valence-electron chi connectivity index (χ3n) is 2.58. The molecule has 2 heterocycles. The smallest absolute Gasteiger partial charge is 0.140 e. The van der Waals surface area contributed by atoms with E-state index in [1.807, 2.05) is 18.3 Å². The average Bonchev–Trinajstić information content (AvgIpc) is 2.65. The maximum atomic E-state index is 9.27. The van der Waals surface area contributed by atoms with E-state index in [1.165, 1.54) is 5.57 Å². The van der Waals surface area contributed by atoms with Gasteiger partial charge in [0.05, 0.1) is 6.61 Å². The first-order chi connectivity index (χ1) is 7.72. The van der Waals surface area contributed by atoms with Gasteiger partial charge in [-0.2, -0.15) is 0 Å². The summed E-state index contributed by atoms with van der Waals surface area (Å²) in [5.41, 5.74) is 3.15. The molecule has 2 aromatic heterocycles. The molecule has 0 bridgehead atoms. The number of pyridine rings is 1. The third kappa shape index (κ3) is 1.99. The minimum atomic E-state index is 0.0595. The van der Waals surface area contributed by atoms with Crippen molar-refractivity contribution in [1.82, 2.24) is 9.55 Å². The molecule has 0 atom stereocenters. The lowest BCUT2D eigenvalue weighted by molar-refractivity contribution is 0.283. The summed E-state index contributed by atoms with van der Waals surface area (Å²) in [5.74, 6) is 0. The van der Waals surface area contributed by atoms with Crippen LogP contribution < -0.4 is 0 Å². The summed E-state index contributed by atoms with van der Waals surface area (Å²) >= 11 is 0. The van der Waals surface area contributed by atoms with Crippen LogP contribution in [-0.4, -0.2) is 14.7 Å². The highest BCUT2D eigenvalue weighted by Crippen LogP contribution is 2.19. The molecule has 0 aliphatic heterocycles. The Hall–Kier alpha value is -1.61. The van der Waals surface area contributed by atoms with Gasteiger partial charge in [-0.25, -0.2) is 4.98 Å². The monoisotopic (exact) mass is 216 g/mol. The Morgan fingerprint density at radius 2 is 2.31 bits per heavy atom. The van der Waals surface area contributed by atoms with Crippen molar-refractivity contribution in [3.63, 3.8) is 0 Å². The fourth-order valence-electron chi connectivity index (χ4n) is 1.74. The molecule has 2 aromatic rings. The topological polar surface area (TPSA) is 38.0 Å². The summed E-state index contributed by atoms with van der Waals surface area (Å²) in [6.07, 6.45) is 5.90. The predicted molar refractivity (Wildman–Crippen MR) is 65.1 cm³/mol. The maximum absolute atomic E-state index is 9.27. The zero-order chi connectivity index (χ0) is 11.5. The molecule has 84 valence electrons. The molecule has 0 amide bonds. The van der Waals surface area contributed by atoms with Gasteiger partial charge in [0.2, 0.25) is 0 Å². The van der Waals surface area contributed by atoms with Crippen LogP contribution >= 0.6 is 0 Å². The second-order valence-corrected chi connectivity index (χ2v) is 4.12.